The maximum absolute atomic E-state index is 10.2. The summed E-state index contributed by atoms with van der Waals surface area (Å²) in [4.78, 5) is 0. The number of fused-ring (bicyclic) bond motifs is 5. The van der Waals surface area contributed by atoms with E-state index in [9.17, 15) is 5.11 Å². The second-order valence-corrected chi connectivity index (χ2v) is 12.1. The number of allylic oxidation sites excluding steroid dienone is 5. The van der Waals surface area contributed by atoms with E-state index in [2.05, 4.69) is 65.8 Å². The van der Waals surface area contributed by atoms with Crippen molar-refractivity contribution in [1.82, 2.24) is 0 Å². The first kappa shape index (κ1) is 22.4. The van der Waals surface area contributed by atoms with Crippen LogP contribution in [0.4, 0.5) is 0 Å². The van der Waals surface area contributed by atoms with Gasteiger partial charge in [-0.05, 0) is 97.7 Å². The molecular weight excluding hydrogens is 364 g/mol. The van der Waals surface area contributed by atoms with E-state index in [1.165, 1.54) is 44.1 Å². The highest BCUT2D eigenvalue weighted by Gasteiger charge is 2.56. The fourth-order valence-electron chi connectivity index (χ4n) is 8.17. The summed E-state index contributed by atoms with van der Waals surface area (Å²) in [5.74, 6) is 4.45. The Balaban J connectivity index is 1.56. The van der Waals surface area contributed by atoms with Crippen LogP contribution in [0.15, 0.2) is 35.5 Å². The van der Waals surface area contributed by atoms with Crippen LogP contribution < -0.4 is 0 Å². The monoisotopic (exact) mass is 410 g/mol. The first-order valence-corrected chi connectivity index (χ1v) is 13.0. The van der Waals surface area contributed by atoms with Gasteiger partial charge in [0.1, 0.15) is 0 Å². The molecule has 3 fully saturated rings. The van der Waals surface area contributed by atoms with Gasteiger partial charge in [0.05, 0.1) is 6.10 Å². The Hall–Kier alpha value is -0.820. The average Bonchev–Trinajstić information content (AvgIpc) is 3.06. The first-order valence-electron chi connectivity index (χ1n) is 13.0. The van der Waals surface area contributed by atoms with E-state index in [0.29, 0.717) is 16.7 Å². The summed E-state index contributed by atoms with van der Waals surface area (Å²) >= 11 is 0. The second kappa shape index (κ2) is 8.27. The van der Waals surface area contributed by atoms with E-state index in [1.807, 2.05) is 0 Å². The minimum atomic E-state index is -0.116. The lowest BCUT2D eigenvalue weighted by Crippen LogP contribution is -2.46. The molecule has 4 aliphatic carbocycles. The van der Waals surface area contributed by atoms with Crippen molar-refractivity contribution < 1.29 is 5.11 Å². The summed E-state index contributed by atoms with van der Waals surface area (Å²) in [6.07, 6.45) is 19.7. The van der Waals surface area contributed by atoms with Crippen LogP contribution >= 0.6 is 0 Å². The summed E-state index contributed by atoms with van der Waals surface area (Å²) in [5, 5.41) is 10.2. The largest absolute Gasteiger partial charge is 0.393 e. The minimum Gasteiger partial charge on any atom is -0.393 e. The van der Waals surface area contributed by atoms with Gasteiger partial charge in [-0.25, -0.2) is 0 Å². The fraction of sp³-hybridized carbons (Fsp3) is 0.793. The minimum absolute atomic E-state index is 0.116. The van der Waals surface area contributed by atoms with Crippen molar-refractivity contribution in [3.63, 3.8) is 0 Å². The molecule has 168 valence electrons. The van der Waals surface area contributed by atoms with Crippen molar-refractivity contribution in [2.75, 3.05) is 0 Å². The molecule has 1 heteroatoms. The predicted octanol–water partition coefficient (Wildman–Crippen LogP) is 7.72. The molecule has 0 radical (unpaired) electrons. The third-order valence-corrected chi connectivity index (χ3v) is 10.2. The highest BCUT2D eigenvalue weighted by molar-refractivity contribution is 5.39. The Morgan fingerprint density at radius 3 is 2.47 bits per heavy atom. The van der Waals surface area contributed by atoms with Gasteiger partial charge in [-0.2, -0.15) is 0 Å². The molecule has 8 atom stereocenters. The molecular formula is C29H46O. The lowest BCUT2D eigenvalue weighted by molar-refractivity contribution is 0.0382. The molecule has 0 spiro atoms. The molecule has 3 saturated carbocycles. The zero-order chi connectivity index (χ0) is 21.7. The summed E-state index contributed by atoms with van der Waals surface area (Å²) in [7, 11) is 0. The van der Waals surface area contributed by atoms with Crippen LogP contribution in [-0.4, -0.2) is 11.2 Å². The Kier molecular flexibility index (Phi) is 6.17. The third-order valence-electron chi connectivity index (χ3n) is 10.2. The van der Waals surface area contributed by atoms with Crippen LogP contribution in [0.3, 0.4) is 0 Å². The van der Waals surface area contributed by atoms with E-state index in [1.54, 1.807) is 5.57 Å². The predicted molar refractivity (Wildman–Crippen MR) is 128 cm³/mol. The molecule has 4 aliphatic rings. The van der Waals surface area contributed by atoms with Crippen molar-refractivity contribution in [2.24, 2.45) is 46.3 Å². The van der Waals surface area contributed by atoms with E-state index < -0.39 is 0 Å². The standard InChI is InChI=1S/C29H46O/c1-7-21(19(2)3)9-8-20(4)25-12-13-26-24-11-10-22-18-23(30)14-16-28(22,5)27(24)15-17-29(25,26)6/h8-11,19-21,23,25-27,30H,7,12-18H2,1-6H3/b9-8+/t20-,21?,23?,25-,26+,27+,28+,29-/m1/s1. The Morgan fingerprint density at radius 2 is 1.77 bits per heavy atom. The van der Waals surface area contributed by atoms with Gasteiger partial charge in [0.15, 0.2) is 0 Å². The van der Waals surface area contributed by atoms with Gasteiger partial charge in [0, 0.05) is 0 Å². The molecule has 0 aromatic rings. The van der Waals surface area contributed by atoms with Gasteiger partial charge in [-0.15, -0.1) is 0 Å². The van der Waals surface area contributed by atoms with Gasteiger partial charge in [0.25, 0.3) is 0 Å². The molecule has 0 saturated heterocycles. The van der Waals surface area contributed by atoms with Gasteiger partial charge < -0.3 is 5.11 Å². The Labute approximate surface area is 186 Å². The van der Waals surface area contributed by atoms with E-state index in [0.717, 1.165) is 42.4 Å². The zero-order valence-corrected chi connectivity index (χ0v) is 20.5. The maximum Gasteiger partial charge on any atom is 0.0578 e. The van der Waals surface area contributed by atoms with Crippen molar-refractivity contribution in [3.05, 3.63) is 35.5 Å². The van der Waals surface area contributed by atoms with Crippen molar-refractivity contribution in [3.8, 4) is 0 Å². The smallest absolute Gasteiger partial charge is 0.0578 e. The van der Waals surface area contributed by atoms with E-state index >= 15 is 0 Å². The fourth-order valence-corrected chi connectivity index (χ4v) is 8.17. The van der Waals surface area contributed by atoms with Gasteiger partial charge in [-0.1, -0.05) is 77.0 Å². The number of hydrogen-bond acceptors (Lipinski definition) is 1. The van der Waals surface area contributed by atoms with Crippen LogP contribution in [0, 0.1) is 46.3 Å². The molecule has 0 aromatic heterocycles. The molecule has 4 rings (SSSR count). The third kappa shape index (κ3) is 3.58. The molecule has 0 aliphatic heterocycles. The average molecular weight is 411 g/mol. The van der Waals surface area contributed by atoms with Crippen LogP contribution in [0.5, 0.6) is 0 Å². The number of aliphatic hydroxyl groups is 1. The maximum atomic E-state index is 10.2. The normalized spacial score (nSPS) is 42.9. The quantitative estimate of drug-likeness (QED) is 0.460. The molecule has 30 heavy (non-hydrogen) atoms. The van der Waals surface area contributed by atoms with E-state index in [-0.39, 0.29) is 6.10 Å². The molecule has 0 heterocycles. The van der Waals surface area contributed by atoms with Crippen molar-refractivity contribution >= 4 is 0 Å². The highest BCUT2D eigenvalue weighted by atomic mass is 16.3. The van der Waals surface area contributed by atoms with Crippen LogP contribution in [0.1, 0.15) is 92.9 Å². The lowest BCUT2D eigenvalue weighted by Gasteiger charge is -2.55. The van der Waals surface area contributed by atoms with Gasteiger partial charge in [-0.3, -0.25) is 0 Å². The summed E-state index contributed by atoms with van der Waals surface area (Å²) < 4.78 is 0. The molecule has 1 N–H and O–H groups in total. The van der Waals surface area contributed by atoms with Crippen LogP contribution in [0.25, 0.3) is 0 Å². The summed E-state index contributed by atoms with van der Waals surface area (Å²) in [5.41, 5.74) is 4.07. The summed E-state index contributed by atoms with van der Waals surface area (Å²) in [6.45, 7) is 14.7. The van der Waals surface area contributed by atoms with Crippen molar-refractivity contribution in [1.29, 1.82) is 0 Å². The highest BCUT2D eigenvalue weighted by Crippen LogP contribution is 2.66. The molecule has 1 nitrogen and oxygen atoms in total. The zero-order valence-electron chi connectivity index (χ0n) is 20.5. The number of rotatable bonds is 5. The van der Waals surface area contributed by atoms with E-state index in [4.69, 9.17) is 0 Å². The molecule has 0 amide bonds. The number of hydrogen-bond donors (Lipinski definition) is 1. The Bertz CT molecular complexity index is 727. The van der Waals surface area contributed by atoms with Gasteiger partial charge >= 0.3 is 0 Å². The topological polar surface area (TPSA) is 20.2 Å². The first-order chi connectivity index (χ1) is 14.2. The SMILES string of the molecule is CCC(/C=C/[C@@H](C)[C@H]1CC[C@H]2C3=CC=C4CC(O)CC[C@]4(C)[C@H]3CC[C@]12C)C(C)C. The number of aliphatic hydroxyl groups excluding tert-OH is 1. The molecule has 0 bridgehead atoms. The molecule has 0 aromatic carbocycles. The lowest BCUT2D eigenvalue weighted by atomic mass is 9.50. The van der Waals surface area contributed by atoms with Crippen molar-refractivity contribution in [2.45, 2.75) is 99.0 Å². The van der Waals surface area contributed by atoms with Gasteiger partial charge in [0.2, 0.25) is 0 Å². The second-order valence-electron chi connectivity index (χ2n) is 12.1. The molecule has 2 unspecified atom stereocenters. The van der Waals surface area contributed by atoms with Crippen LogP contribution in [0.2, 0.25) is 0 Å². The Morgan fingerprint density at radius 1 is 1.00 bits per heavy atom. The summed E-state index contributed by atoms with van der Waals surface area (Å²) in [6, 6.07) is 0. The van der Waals surface area contributed by atoms with Crippen LogP contribution in [-0.2, 0) is 0 Å².